The van der Waals surface area contributed by atoms with Gasteiger partial charge in [0, 0.05) is 39.1 Å². The minimum Gasteiger partial charge on any atom is -0.379 e. The molecule has 1 saturated heterocycles. The van der Waals surface area contributed by atoms with E-state index in [1.807, 2.05) is 32.0 Å². The highest BCUT2D eigenvalue weighted by Crippen LogP contribution is 2.22. The number of nitrogens with zero attached hydrogens (tertiary/aromatic N) is 2. The number of nitrogens with one attached hydrogen (secondary N) is 3. The highest BCUT2D eigenvalue weighted by Gasteiger charge is 2.10. The molecule has 1 aliphatic rings. The van der Waals surface area contributed by atoms with Gasteiger partial charge in [0.15, 0.2) is 5.96 Å². The molecule has 1 aliphatic heterocycles. The molecular weight excluding hydrogens is 366 g/mol. The van der Waals surface area contributed by atoms with Crippen LogP contribution in [0.1, 0.15) is 18.9 Å². The number of carbonyl (C=O) groups excluding carboxylic acids is 1. The number of benzene rings is 1. The van der Waals surface area contributed by atoms with Crippen LogP contribution in [0, 0.1) is 6.92 Å². The molecule has 1 fully saturated rings. The van der Waals surface area contributed by atoms with Crippen LogP contribution in [0.3, 0.4) is 0 Å². The lowest BCUT2D eigenvalue weighted by atomic mass is 10.2. The van der Waals surface area contributed by atoms with Gasteiger partial charge in [0.05, 0.1) is 30.5 Å². The molecular formula is C19H30ClN5O2. The number of morpholine rings is 1. The highest BCUT2D eigenvalue weighted by atomic mass is 35.5. The maximum Gasteiger partial charge on any atom is 0.226 e. The van der Waals surface area contributed by atoms with Crippen LogP contribution in [0.25, 0.3) is 0 Å². The van der Waals surface area contributed by atoms with E-state index in [0.717, 1.165) is 50.9 Å². The fraction of sp³-hybridized carbons (Fsp3) is 0.579. The first-order chi connectivity index (χ1) is 13.1. The van der Waals surface area contributed by atoms with Crippen molar-refractivity contribution in [3.8, 4) is 0 Å². The molecule has 0 atom stereocenters. The molecule has 0 saturated carbocycles. The van der Waals surface area contributed by atoms with Crippen LogP contribution < -0.4 is 16.0 Å². The second-order valence-electron chi connectivity index (χ2n) is 6.42. The molecule has 0 aromatic heterocycles. The molecule has 7 nitrogen and oxygen atoms in total. The Bertz CT molecular complexity index is 633. The van der Waals surface area contributed by atoms with Crippen molar-refractivity contribution in [1.82, 2.24) is 15.5 Å². The summed E-state index contributed by atoms with van der Waals surface area (Å²) in [5, 5.41) is 9.79. The van der Waals surface area contributed by atoms with Crippen LogP contribution >= 0.6 is 11.6 Å². The second-order valence-corrected chi connectivity index (χ2v) is 6.83. The van der Waals surface area contributed by atoms with Crippen LogP contribution in [0.15, 0.2) is 23.2 Å². The van der Waals surface area contributed by atoms with Gasteiger partial charge in [-0.05, 0) is 31.5 Å². The van der Waals surface area contributed by atoms with Crippen molar-refractivity contribution < 1.29 is 9.53 Å². The quantitative estimate of drug-likeness (QED) is 0.462. The number of guanidine groups is 1. The smallest absolute Gasteiger partial charge is 0.226 e. The van der Waals surface area contributed by atoms with E-state index in [1.54, 1.807) is 0 Å². The predicted octanol–water partition coefficient (Wildman–Crippen LogP) is 1.86. The summed E-state index contributed by atoms with van der Waals surface area (Å²) in [4.78, 5) is 19.0. The standard InChI is InChI=1S/C19H30ClN5O2/c1-3-21-19(23-8-9-25-10-12-27-13-11-25)22-7-6-18(26)24-17-5-4-15(2)14-16(17)20/h4-5,14H,3,6-13H2,1-2H3,(H,24,26)(H2,21,22,23). The first-order valence-electron chi connectivity index (χ1n) is 9.46. The van der Waals surface area contributed by atoms with Gasteiger partial charge in [-0.25, -0.2) is 0 Å². The summed E-state index contributed by atoms with van der Waals surface area (Å²) in [7, 11) is 0. The maximum absolute atomic E-state index is 12.1. The summed E-state index contributed by atoms with van der Waals surface area (Å²) in [5.41, 5.74) is 1.70. The molecule has 150 valence electrons. The van der Waals surface area contributed by atoms with Gasteiger partial charge >= 0.3 is 0 Å². The Kier molecular flexibility index (Phi) is 9.38. The Labute approximate surface area is 166 Å². The molecule has 3 N–H and O–H groups in total. The van der Waals surface area contributed by atoms with Crippen LogP contribution in [-0.2, 0) is 9.53 Å². The fourth-order valence-corrected chi connectivity index (χ4v) is 2.98. The third kappa shape index (κ3) is 8.15. The van der Waals surface area contributed by atoms with Crippen molar-refractivity contribution in [2.24, 2.45) is 4.99 Å². The molecule has 1 aromatic carbocycles. The summed E-state index contributed by atoms with van der Waals surface area (Å²) in [6, 6.07) is 5.57. The van der Waals surface area contributed by atoms with E-state index in [1.165, 1.54) is 0 Å². The molecule has 0 bridgehead atoms. The zero-order valence-corrected chi connectivity index (χ0v) is 16.9. The van der Waals surface area contributed by atoms with Gasteiger partial charge in [0.1, 0.15) is 0 Å². The minimum atomic E-state index is -0.0857. The van der Waals surface area contributed by atoms with Crippen molar-refractivity contribution in [2.45, 2.75) is 20.3 Å². The van der Waals surface area contributed by atoms with Crippen LogP contribution in [0.2, 0.25) is 5.02 Å². The number of aryl methyl sites for hydroxylation is 1. The summed E-state index contributed by atoms with van der Waals surface area (Å²) < 4.78 is 5.35. The van der Waals surface area contributed by atoms with E-state index in [-0.39, 0.29) is 5.91 Å². The first kappa shape index (κ1) is 21.5. The summed E-state index contributed by atoms with van der Waals surface area (Å²) >= 11 is 6.15. The van der Waals surface area contributed by atoms with Crippen LogP contribution in [0.5, 0.6) is 0 Å². The third-order valence-corrected chi connectivity index (χ3v) is 4.49. The minimum absolute atomic E-state index is 0.0857. The second kappa shape index (κ2) is 11.8. The van der Waals surface area contributed by atoms with Crippen LogP contribution in [0.4, 0.5) is 5.69 Å². The van der Waals surface area contributed by atoms with E-state index < -0.39 is 0 Å². The number of hydrogen-bond acceptors (Lipinski definition) is 4. The fourth-order valence-electron chi connectivity index (χ4n) is 2.70. The van der Waals surface area contributed by atoms with E-state index in [4.69, 9.17) is 16.3 Å². The van der Waals surface area contributed by atoms with E-state index in [2.05, 4.69) is 25.8 Å². The summed E-state index contributed by atoms with van der Waals surface area (Å²) in [6.07, 6.45) is 0.331. The summed E-state index contributed by atoms with van der Waals surface area (Å²) in [5.74, 6) is 0.643. The number of halogens is 1. The molecule has 2 rings (SSSR count). The number of anilines is 1. The van der Waals surface area contributed by atoms with E-state index >= 15 is 0 Å². The van der Waals surface area contributed by atoms with Gasteiger partial charge in [-0.15, -0.1) is 0 Å². The Hall–Kier alpha value is -1.83. The normalized spacial score (nSPS) is 15.4. The molecule has 0 spiro atoms. The average Bonchev–Trinajstić information content (AvgIpc) is 2.65. The SMILES string of the molecule is CCNC(=NCCN1CCOCC1)NCCC(=O)Nc1ccc(C)cc1Cl. The van der Waals surface area contributed by atoms with Crippen molar-refractivity contribution in [1.29, 1.82) is 0 Å². The molecule has 0 unspecified atom stereocenters. The molecule has 27 heavy (non-hydrogen) atoms. The maximum atomic E-state index is 12.1. The lowest BCUT2D eigenvalue weighted by Crippen LogP contribution is -2.40. The molecule has 1 amide bonds. The lowest BCUT2D eigenvalue weighted by Gasteiger charge is -2.25. The van der Waals surface area contributed by atoms with Crippen molar-refractivity contribution in [3.05, 3.63) is 28.8 Å². The molecule has 1 aromatic rings. The Morgan fingerprint density at radius 3 is 2.78 bits per heavy atom. The Morgan fingerprint density at radius 2 is 2.07 bits per heavy atom. The van der Waals surface area contributed by atoms with Gasteiger partial charge in [-0.3, -0.25) is 14.7 Å². The largest absolute Gasteiger partial charge is 0.379 e. The average molecular weight is 396 g/mol. The van der Waals surface area contributed by atoms with Crippen molar-refractivity contribution >= 4 is 29.2 Å². The van der Waals surface area contributed by atoms with Gasteiger partial charge in [-0.1, -0.05) is 17.7 Å². The van der Waals surface area contributed by atoms with E-state index in [0.29, 0.717) is 30.2 Å². The number of rotatable bonds is 8. The zero-order valence-electron chi connectivity index (χ0n) is 16.2. The number of carbonyl (C=O) groups is 1. The number of ether oxygens (including phenoxy) is 1. The zero-order chi connectivity index (χ0) is 19.5. The van der Waals surface area contributed by atoms with Gasteiger partial charge < -0.3 is 20.7 Å². The van der Waals surface area contributed by atoms with E-state index in [9.17, 15) is 4.79 Å². The number of hydrogen-bond donors (Lipinski definition) is 3. The molecule has 0 radical (unpaired) electrons. The lowest BCUT2D eigenvalue weighted by molar-refractivity contribution is -0.116. The third-order valence-electron chi connectivity index (χ3n) is 4.18. The predicted molar refractivity (Wildman–Crippen MR) is 111 cm³/mol. The monoisotopic (exact) mass is 395 g/mol. The molecule has 8 heteroatoms. The Morgan fingerprint density at radius 1 is 1.30 bits per heavy atom. The molecule has 0 aliphatic carbocycles. The molecule has 1 heterocycles. The number of aliphatic imine (C=N–C) groups is 1. The van der Waals surface area contributed by atoms with Crippen molar-refractivity contribution in [2.75, 3.05) is 57.8 Å². The van der Waals surface area contributed by atoms with Gasteiger partial charge in [0.2, 0.25) is 5.91 Å². The topological polar surface area (TPSA) is 78.0 Å². The van der Waals surface area contributed by atoms with Gasteiger partial charge in [0.25, 0.3) is 0 Å². The number of amides is 1. The Balaban J connectivity index is 1.72. The summed E-state index contributed by atoms with van der Waals surface area (Å²) in [6.45, 7) is 10.4. The van der Waals surface area contributed by atoms with Gasteiger partial charge in [-0.2, -0.15) is 0 Å². The van der Waals surface area contributed by atoms with Crippen molar-refractivity contribution in [3.63, 3.8) is 0 Å². The first-order valence-corrected chi connectivity index (χ1v) is 9.84. The highest BCUT2D eigenvalue weighted by molar-refractivity contribution is 6.33. The van der Waals surface area contributed by atoms with Crippen LogP contribution in [-0.4, -0.2) is 69.2 Å².